The van der Waals surface area contributed by atoms with Gasteiger partial charge in [-0.1, -0.05) is 13.8 Å². The predicted molar refractivity (Wildman–Crippen MR) is 100 cm³/mol. The largest absolute Gasteiger partial charge is 0.341 e. The van der Waals surface area contributed by atoms with Gasteiger partial charge in [0, 0.05) is 57.4 Å². The third-order valence-corrected chi connectivity index (χ3v) is 5.53. The highest BCUT2D eigenvalue weighted by Crippen LogP contribution is 2.31. The molecule has 1 unspecified atom stereocenters. The summed E-state index contributed by atoms with van der Waals surface area (Å²) in [5, 5.41) is 0. The average Bonchev–Trinajstić information content (AvgIpc) is 3.41. The van der Waals surface area contributed by atoms with Gasteiger partial charge in [-0.25, -0.2) is 4.79 Å². The van der Waals surface area contributed by atoms with Gasteiger partial charge in [-0.15, -0.1) is 0 Å². The van der Waals surface area contributed by atoms with Crippen LogP contribution >= 0.6 is 0 Å². The zero-order chi connectivity index (χ0) is 18.7. The summed E-state index contributed by atoms with van der Waals surface area (Å²) in [7, 11) is 0. The smallest absolute Gasteiger partial charge is 0.328 e. The highest BCUT2D eigenvalue weighted by Gasteiger charge is 2.33. The summed E-state index contributed by atoms with van der Waals surface area (Å²) in [6.45, 7) is 8.54. The van der Waals surface area contributed by atoms with Crippen LogP contribution in [-0.2, 0) is 11.3 Å². The number of hydrogen-bond acceptors (Lipinski definition) is 4. The fraction of sp³-hybridized carbons (Fsp3) is 0.737. The topological polar surface area (TPSA) is 78.4 Å². The van der Waals surface area contributed by atoms with Crippen LogP contribution in [0.4, 0.5) is 0 Å². The first-order chi connectivity index (χ1) is 12.4. The van der Waals surface area contributed by atoms with Gasteiger partial charge in [-0.2, -0.15) is 0 Å². The highest BCUT2D eigenvalue weighted by molar-refractivity contribution is 5.76. The minimum Gasteiger partial charge on any atom is -0.341 e. The highest BCUT2D eigenvalue weighted by atomic mass is 16.2. The Morgan fingerprint density at radius 2 is 2.04 bits per heavy atom. The van der Waals surface area contributed by atoms with Crippen LogP contribution in [0.5, 0.6) is 0 Å². The predicted octanol–water partition coefficient (Wildman–Crippen LogP) is 0.896. The number of aromatic amines is 1. The molecule has 0 aromatic carbocycles. The Kier molecular flexibility index (Phi) is 5.96. The molecule has 1 aromatic heterocycles. The molecular formula is C19H30N4O3. The third-order valence-electron chi connectivity index (χ3n) is 5.53. The van der Waals surface area contributed by atoms with Crippen molar-refractivity contribution in [1.82, 2.24) is 19.4 Å². The van der Waals surface area contributed by atoms with Gasteiger partial charge in [-0.05, 0) is 31.1 Å². The van der Waals surface area contributed by atoms with E-state index < -0.39 is 11.2 Å². The second kappa shape index (κ2) is 8.20. The molecule has 1 atom stereocenters. The lowest BCUT2D eigenvalue weighted by molar-refractivity contribution is -0.132. The van der Waals surface area contributed by atoms with Crippen molar-refractivity contribution in [2.75, 3.05) is 26.2 Å². The minimum absolute atomic E-state index is 0.0852. The molecule has 2 heterocycles. The molecule has 144 valence electrons. The zero-order valence-corrected chi connectivity index (χ0v) is 15.8. The molecule has 0 spiro atoms. The van der Waals surface area contributed by atoms with E-state index in [9.17, 15) is 14.4 Å². The number of carbonyl (C=O) groups is 1. The summed E-state index contributed by atoms with van der Waals surface area (Å²) in [6.07, 6.45) is 5.42. The molecule has 1 aliphatic heterocycles. The lowest BCUT2D eigenvalue weighted by atomic mass is 10.0. The lowest BCUT2D eigenvalue weighted by Crippen LogP contribution is -2.46. The Morgan fingerprint density at radius 3 is 2.69 bits per heavy atom. The van der Waals surface area contributed by atoms with Crippen molar-refractivity contribution in [3.63, 3.8) is 0 Å². The summed E-state index contributed by atoms with van der Waals surface area (Å²) in [5.74, 6) is 1.44. The van der Waals surface area contributed by atoms with Gasteiger partial charge in [0.15, 0.2) is 0 Å². The Hall–Kier alpha value is -1.89. The number of amides is 1. The normalized spacial score (nSPS) is 21.8. The van der Waals surface area contributed by atoms with Crippen molar-refractivity contribution in [2.45, 2.75) is 52.1 Å². The van der Waals surface area contributed by atoms with E-state index in [1.807, 2.05) is 4.90 Å². The maximum absolute atomic E-state index is 12.7. The summed E-state index contributed by atoms with van der Waals surface area (Å²) in [5.41, 5.74) is -0.877. The van der Waals surface area contributed by atoms with Crippen LogP contribution in [0.15, 0.2) is 21.9 Å². The van der Waals surface area contributed by atoms with Gasteiger partial charge in [0.25, 0.3) is 5.56 Å². The second-order valence-corrected chi connectivity index (χ2v) is 8.00. The van der Waals surface area contributed by atoms with E-state index in [2.05, 4.69) is 23.7 Å². The zero-order valence-electron chi connectivity index (χ0n) is 15.8. The molecule has 0 radical (unpaired) electrons. The number of hydrogen-bond donors (Lipinski definition) is 1. The standard InChI is InChI=1S/C19H30N4O3/c1-14(2)16-13-23(9-3-8-22(16)12-15-4-5-15)18(25)7-11-21-10-6-17(24)20-19(21)26/h6,10,14-16H,3-5,7-9,11-13H2,1-2H3,(H,20,24,26). The molecule has 3 rings (SSSR count). The van der Waals surface area contributed by atoms with E-state index in [1.165, 1.54) is 29.7 Å². The first kappa shape index (κ1) is 18.9. The Bertz CT molecular complexity index is 735. The van der Waals surface area contributed by atoms with Gasteiger partial charge in [0.05, 0.1) is 0 Å². The van der Waals surface area contributed by atoms with E-state index in [4.69, 9.17) is 0 Å². The van der Waals surface area contributed by atoms with Crippen LogP contribution in [0.25, 0.3) is 0 Å². The molecule has 7 nitrogen and oxygen atoms in total. The van der Waals surface area contributed by atoms with Gasteiger partial charge in [0.1, 0.15) is 0 Å². The summed E-state index contributed by atoms with van der Waals surface area (Å²) in [6, 6.07) is 1.71. The number of carbonyl (C=O) groups excluding carboxylic acids is 1. The van der Waals surface area contributed by atoms with E-state index >= 15 is 0 Å². The maximum atomic E-state index is 12.7. The fourth-order valence-electron chi connectivity index (χ4n) is 3.78. The van der Waals surface area contributed by atoms with Crippen LogP contribution in [0.2, 0.25) is 0 Å². The SMILES string of the molecule is CC(C)C1CN(C(=O)CCn2ccc(=O)[nH]c2=O)CCCN1CC1CC1. The molecule has 1 aliphatic carbocycles. The molecule has 1 saturated carbocycles. The Balaban J connectivity index is 1.60. The van der Waals surface area contributed by atoms with Gasteiger partial charge < -0.3 is 9.47 Å². The van der Waals surface area contributed by atoms with Crippen LogP contribution in [0.1, 0.15) is 39.5 Å². The lowest BCUT2D eigenvalue weighted by Gasteiger charge is -2.34. The maximum Gasteiger partial charge on any atom is 0.328 e. The summed E-state index contributed by atoms with van der Waals surface area (Å²) < 4.78 is 1.39. The average molecular weight is 362 g/mol. The Morgan fingerprint density at radius 1 is 1.27 bits per heavy atom. The number of aromatic nitrogens is 2. The van der Waals surface area contributed by atoms with Crippen molar-refractivity contribution < 1.29 is 4.79 Å². The first-order valence-electron chi connectivity index (χ1n) is 9.75. The molecule has 0 bridgehead atoms. The molecule has 2 aliphatic rings. The molecule has 7 heteroatoms. The number of rotatable bonds is 6. The van der Waals surface area contributed by atoms with E-state index in [-0.39, 0.29) is 12.3 Å². The number of nitrogens with zero attached hydrogens (tertiary/aromatic N) is 3. The molecule has 1 N–H and O–H groups in total. The second-order valence-electron chi connectivity index (χ2n) is 8.00. The molecule has 1 aromatic rings. The van der Waals surface area contributed by atoms with Crippen molar-refractivity contribution in [2.24, 2.45) is 11.8 Å². The molecule has 2 fully saturated rings. The van der Waals surface area contributed by atoms with Gasteiger partial charge >= 0.3 is 5.69 Å². The molecule has 1 amide bonds. The minimum atomic E-state index is -0.461. The number of H-pyrrole nitrogens is 1. The number of aryl methyl sites for hydroxylation is 1. The van der Waals surface area contributed by atoms with E-state index in [0.29, 0.717) is 18.5 Å². The van der Waals surface area contributed by atoms with Crippen LogP contribution in [0.3, 0.4) is 0 Å². The van der Waals surface area contributed by atoms with Crippen molar-refractivity contribution >= 4 is 5.91 Å². The number of nitrogens with one attached hydrogen (secondary N) is 1. The summed E-state index contributed by atoms with van der Waals surface area (Å²) >= 11 is 0. The third kappa shape index (κ3) is 4.84. The van der Waals surface area contributed by atoms with E-state index in [1.54, 1.807) is 0 Å². The van der Waals surface area contributed by atoms with Crippen molar-refractivity contribution in [1.29, 1.82) is 0 Å². The van der Waals surface area contributed by atoms with E-state index in [0.717, 1.165) is 38.5 Å². The first-order valence-corrected chi connectivity index (χ1v) is 9.75. The van der Waals surface area contributed by atoms with Crippen molar-refractivity contribution in [3.8, 4) is 0 Å². The molecule has 1 saturated heterocycles. The van der Waals surface area contributed by atoms with Gasteiger partial charge in [0.2, 0.25) is 5.91 Å². The Labute approximate surface area is 154 Å². The van der Waals surface area contributed by atoms with Crippen LogP contribution < -0.4 is 11.2 Å². The van der Waals surface area contributed by atoms with Gasteiger partial charge in [-0.3, -0.25) is 19.5 Å². The quantitative estimate of drug-likeness (QED) is 0.815. The summed E-state index contributed by atoms with van der Waals surface area (Å²) in [4.78, 5) is 42.4. The van der Waals surface area contributed by atoms with Crippen LogP contribution in [-0.4, -0.2) is 57.5 Å². The molecular weight excluding hydrogens is 332 g/mol. The molecule has 26 heavy (non-hydrogen) atoms. The van der Waals surface area contributed by atoms with Crippen LogP contribution in [0, 0.1) is 11.8 Å². The van der Waals surface area contributed by atoms with Crippen molar-refractivity contribution in [3.05, 3.63) is 33.1 Å². The monoisotopic (exact) mass is 362 g/mol. The fourth-order valence-corrected chi connectivity index (χ4v) is 3.78.